The molecule has 0 aromatic heterocycles. The summed E-state index contributed by atoms with van der Waals surface area (Å²) in [5.74, 6) is -0.782. The summed E-state index contributed by atoms with van der Waals surface area (Å²) in [5, 5.41) is 0. The molecule has 10 heteroatoms. The van der Waals surface area contributed by atoms with Crippen LogP contribution in [0.4, 0.5) is 4.39 Å². The summed E-state index contributed by atoms with van der Waals surface area (Å²) in [7, 11) is -1.79. The van der Waals surface area contributed by atoms with Crippen LogP contribution in [0, 0.1) is 5.82 Å². The average molecular weight is 490 g/mol. The quantitative estimate of drug-likeness (QED) is 0.249. The van der Waals surface area contributed by atoms with Crippen molar-refractivity contribution in [3.63, 3.8) is 0 Å². The predicted octanol–water partition coefficient (Wildman–Crippen LogP) is 5.73. The third kappa shape index (κ3) is 6.27. The third-order valence-corrected chi connectivity index (χ3v) is 5.78. The van der Waals surface area contributed by atoms with Gasteiger partial charge in [-0.1, -0.05) is 36.4 Å². The van der Waals surface area contributed by atoms with Gasteiger partial charge in [0.2, 0.25) is 0 Å². The Balaban J connectivity index is 2.05. The fraction of sp³-hybridized carbons (Fsp3) is 0.208. The van der Waals surface area contributed by atoms with E-state index >= 15 is 0 Å². The Hall–Kier alpha value is -3.55. The fourth-order valence-electron chi connectivity index (χ4n) is 2.92. The Labute approximate surface area is 196 Å². The smallest absolute Gasteiger partial charge is 0.493 e. The number of esters is 1. The lowest BCUT2D eigenvalue weighted by molar-refractivity contribution is -0.152. The maximum Gasteiger partial charge on any atom is 0.589 e. The van der Waals surface area contributed by atoms with Crippen molar-refractivity contribution in [1.82, 2.24) is 0 Å². The molecular formula is C24H24FO8P. The van der Waals surface area contributed by atoms with Gasteiger partial charge in [-0.3, -0.25) is 0 Å². The van der Waals surface area contributed by atoms with Crippen molar-refractivity contribution in [2.75, 3.05) is 20.8 Å². The standard InChI is InChI=1S/C24H24FO8P/c1-4-30-24(26)23(17-13-15-18(25)16-14-17)33-34(27,31-21-11-7-5-9-19(21)28-2)32-22-12-8-6-10-20(22)29-3/h5-16,23H,4H2,1-3H3/t23-/m0/s1. The van der Waals surface area contributed by atoms with Crippen LogP contribution >= 0.6 is 7.82 Å². The second-order valence-corrected chi connectivity index (χ2v) is 8.19. The van der Waals surface area contributed by atoms with Crippen LogP contribution in [-0.4, -0.2) is 26.8 Å². The van der Waals surface area contributed by atoms with Crippen LogP contribution in [0.25, 0.3) is 0 Å². The van der Waals surface area contributed by atoms with Crippen molar-refractivity contribution < 1.29 is 41.5 Å². The first-order valence-electron chi connectivity index (χ1n) is 10.2. The normalized spacial score (nSPS) is 11.9. The van der Waals surface area contributed by atoms with E-state index in [0.29, 0.717) is 0 Å². The highest BCUT2D eigenvalue weighted by molar-refractivity contribution is 7.49. The molecule has 0 unspecified atom stereocenters. The van der Waals surface area contributed by atoms with Crippen molar-refractivity contribution in [2.24, 2.45) is 0 Å². The number of carbonyl (C=O) groups excluding carboxylic acids is 1. The van der Waals surface area contributed by atoms with Crippen LogP contribution in [0.1, 0.15) is 18.6 Å². The fourth-order valence-corrected chi connectivity index (χ4v) is 4.29. The zero-order valence-corrected chi connectivity index (χ0v) is 19.7. The van der Waals surface area contributed by atoms with Gasteiger partial charge in [0.25, 0.3) is 0 Å². The lowest BCUT2D eigenvalue weighted by Crippen LogP contribution is -2.20. The van der Waals surface area contributed by atoms with Crippen LogP contribution < -0.4 is 18.5 Å². The summed E-state index contributed by atoms with van der Waals surface area (Å²) in [6.45, 7) is 1.64. The predicted molar refractivity (Wildman–Crippen MR) is 122 cm³/mol. The van der Waals surface area contributed by atoms with Crippen molar-refractivity contribution in [2.45, 2.75) is 13.0 Å². The number of hydrogen-bond donors (Lipinski definition) is 0. The molecule has 0 radical (unpaired) electrons. The van der Waals surface area contributed by atoms with Gasteiger partial charge in [0.05, 0.1) is 20.8 Å². The lowest BCUT2D eigenvalue weighted by Gasteiger charge is -2.24. The van der Waals surface area contributed by atoms with Crippen LogP contribution in [-0.2, 0) is 18.6 Å². The number of phosphoric acid groups is 1. The molecule has 180 valence electrons. The Bertz CT molecular complexity index is 1100. The third-order valence-electron chi connectivity index (χ3n) is 4.47. The number of halogens is 1. The molecule has 3 aromatic rings. The molecule has 3 aromatic carbocycles. The van der Waals surface area contributed by atoms with E-state index < -0.39 is 25.7 Å². The number of carbonyl (C=O) groups is 1. The van der Waals surface area contributed by atoms with Gasteiger partial charge in [0.1, 0.15) is 5.82 Å². The molecule has 3 rings (SSSR count). The molecule has 0 N–H and O–H groups in total. The number of hydrogen-bond acceptors (Lipinski definition) is 8. The first-order chi connectivity index (χ1) is 16.4. The molecule has 34 heavy (non-hydrogen) atoms. The van der Waals surface area contributed by atoms with E-state index in [1.807, 2.05) is 0 Å². The van der Waals surface area contributed by atoms with Gasteiger partial charge in [-0.05, 0) is 48.9 Å². The minimum atomic E-state index is -4.61. The average Bonchev–Trinajstić information content (AvgIpc) is 2.84. The Kier molecular flexibility index (Phi) is 8.51. The van der Waals surface area contributed by atoms with E-state index in [1.165, 1.54) is 38.5 Å². The molecule has 0 heterocycles. The van der Waals surface area contributed by atoms with Crippen molar-refractivity contribution in [3.8, 4) is 23.0 Å². The number of methoxy groups -OCH3 is 2. The maximum absolute atomic E-state index is 14.0. The first kappa shape index (κ1) is 25.1. The van der Waals surface area contributed by atoms with Crippen LogP contribution in [0.15, 0.2) is 72.8 Å². The van der Waals surface area contributed by atoms with Crippen molar-refractivity contribution in [1.29, 1.82) is 0 Å². The second kappa shape index (κ2) is 11.5. The highest BCUT2D eigenvalue weighted by Gasteiger charge is 2.40. The second-order valence-electron chi connectivity index (χ2n) is 6.72. The molecule has 0 fully saturated rings. The van der Waals surface area contributed by atoms with E-state index in [2.05, 4.69) is 0 Å². The van der Waals surface area contributed by atoms with Crippen LogP contribution in [0.3, 0.4) is 0 Å². The van der Waals surface area contributed by atoms with E-state index in [9.17, 15) is 13.8 Å². The number of ether oxygens (including phenoxy) is 3. The highest BCUT2D eigenvalue weighted by atomic mass is 31.2. The maximum atomic E-state index is 14.0. The number of benzene rings is 3. The Morgan fingerprint density at radius 1 is 0.824 bits per heavy atom. The summed E-state index contributed by atoms with van der Waals surface area (Å²) in [4.78, 5) is 12.7. The Morgan fingerprint density at radius 3 is 1.74 bits per heavy atom. The summed E-state index contributed by atoms with van der Waals surface area (Å²) in [6.07, 6.45) is -1.55. The number of phosphoric ester groups is 1. The zero-order chi connectivity index (χ0) is 24.6. The first-order valence-corrected chi connectivity index (χ1v) is 11.7. The largest absolute Gasteiger partial charge is 0.589 e. The minimum Gasteiger partial charge on any atom is -0.493 e. The van der Waals surface area contributed by atoms with Gasteiger partial charge >= 0.3 is 13.8 Å². The van der Waals surface area contributed by atoms with Gasteiger partial charge < -0.3 is 23.3 Å². The molecule has 0 amide bonds. The number of rotatable bonds is 11. The van der Waals surface area contributed by atoms with E-state index in [0.717, 1.165) is 12.1 Å². The summed E-state index contributed by atoms with van der Waals surface area (Å²) in [6, 6.07) is 17.7. The van der Waals surface area contributed by atoms with Gasteiger partial charge in [-0.15, -0.1) is 0 Å². The molecule has 8 nitrogen and oxygen atoms in total. The molecule has 0 aliphatic heterocycles. The summed E-state index contributed by atoms with van der Waals surface area (Å²) in [5.41, 5.74) is 0.187. The number of para-hydroxylation sites is 4. The minimum absolute atomic E-state index is 0.0327. The van der Waals surface area contributed by atoms with Crippen LogP contribution in [0.5, 0.6) is 23.0 Å². The molecule has 0 spiro atoms. The van der Waals surface area contributed by atoms with Crippen molar-refractivity contribution in [3.05, 3.63) is 84.2 Å². The van der Waals surface area contributed by atoms with E-state index in [-0.39, 0.29) is 35.2 Å². The van der Waals surface area contributed by atoms with Gasteiger partial charge in [0.15, 0.2) is 29.1 Å². The van der Waals surface area contributed by atoms with Crippen LogP contribution in [0.2, 0.25) is 0 Å². The molecule has 0 aliphatic carbocycles. The molecule has 1 atom stereocenters. The van der Waals surface area contributed by atoms with E-state index in [1.54, 1.807) is 43.3 Å². The molecule has 0 saturated heterocycles. The zero-order valence-electron chi connectivity index (χ0n) is 18.8. The summed E-state index contributed by atoms with van der Waals surface area (Å²) >= 11 is 0. The van der Waals surface area contributed by atoms with Gasteiger partial charge in [0, 0.05) is 0 Å². The Morgan fingerprint density at radius 2 is 1.29 bits per heavy atom. The molecule has 0 saturated carbocycles. The highest BCUT2D eigenvalue weighted by Crippen LogP contribution is 2.55. The molecule has 0 aliphatic rings. The molecular weight excluding hydrogens is 466 g/mol. The monoisotopic (exact) mass is 490 g/mol. The van der Waals surface area contributed by atoms with Gasteiger partial charge in [-0.2, -0.15) is 0 Å². The topological polar surface area (TPSA) is 89.5 Å². The molecule has 0 bridgehead atoms. The van der Waals surface area contributed by atoms with Crippen molar-refractivity contribution >= 4 is 13.8 Å². The van der Waals surface area contributed by atoms with Gasteiger partial charge in [-0.25, -0.2) is 18.3 Å². The summed E-state index contributed by atoms with van der Waals surface area (Å²) < 4.78 is 60.1. The SMILES string of the molecule is CCOC(=O)[C@@H](OP(=O)(Oc1ccccc1OC)Oc1ccccc1OC)c1ccc(F)cc1. The lowest BCUT2D eigenvalue weighted by atomic mass is 10.1. The van der Waals surface area contributed by atoms with E-state index in [4.69, 9.17) is 27.8 Å².